The standard InChI is InChI=1S/C9H20N2O2S/c1-2-14(12,13)7-6-11-5-3-4-9(10)8-11/h9H,2-8,10H2,1H3/t9-/m1/s1. The largest absolute Gasteiger partial charge is 0.327 e. The Bertz CT molecular complexity index is 264. The summed E-state index contributed by atoms with van der Waals surface area (Å²) < 4.78 is 22.5. The summed E-state index contributed by atoms with van der Waals surface area (Å²) in [5, 5.41) is 0. The molecule has 0 aromatic heterocycles. The Morgan fingerprint density at radius 3 is 2.79 bits per heavy atom. The second-order valence-electron chi connectivity index (χ2n) is 3.94. The summed E-state index contributed by atoms with van der Waals surface area (Å²) >= 11 is 0. The predicted octanol–water partition coefficient (Wildman–Crippen LogP) is -0.156. The van der Waals surface area contributed by atoms with Crippen LogP contribution in [-0.2, 0) is 9.84 Å². The zero-order valence-electron chi connectivity index (χ0n) is 8.78. The first-order valence-electron chi connectivity index (χ1n) is 5.22. The molecule has 0 aromatic rings. The van der Waals surface area contributed by atoms with Crippen molar-refractivity contribution in [2.75, 3.05) is 31.1 Å². The number of rotatable bonds is 4. The van der Waals surface area contributed by atoms with Crippen LogP contribution in [0, 0.1) is 0 Å². The third-order valence-electron chi connectivity index (χ3n) is 2.70. The number of nitrogens with two attached hydrogens (primary N) is 1. The number of nitrogens with zero attached hydrogens (tertiary/aromatic N) is 1. The van der Waals surface area contributed by atoms with E-state index in [9.17, 15) is 8.42 Å². The van der Waals surface area contributed by atoms with Gasteiger partial charge in [0.25, 0.3) is 0 Å². The molecule has 1 saturated heterocycles. The Balaban J connectivity index is 2.31. The van der Waals surface area contributed by atoms with Gasteiger partial charge in [-0.2, -0.15) is 0 Å². The van der Waals surface area contributed by atoms with E-state index in [0.717, 1.165) is 25.9 Å². The molecule has 14 heavy (non-hydrogen) atoms. The highest BCUT2D eigenvalue weighted by atomic mass is 32.2. The summed E-state index contributed by atoms with van der Waals surface area (Å²) in [5.41, 5.74) is 5.81. The minimum absolute atomic E-state index is 0.230. The van der Waals surface area contributed by atoms with Crippen LogP contribution >= 0.6 is 0 Å². The van der Waals surface area contributed by atoms with Gasteiger partial charge in [-0.1, -0.05) is 6.92 Å². The molecule has 5 heteroatoms. The first-order chi connectivity index (χ1) is 6.53. The molecule has 0 bridgehead atoms. The molecule has 1 aliphatic heterocycles. The first-order valence-corrected chi connectivity index (χ1v) is 7.04. The van der Waals surface area contributed by atoms with Crippen LogP contribution in [0.2, 0.25) is 0 Å². The van der Waals surface area contributed by atoms with Crippen molar-refractivity contribution in [3.05, 3.63) is 0 Å². The Hall–Kier alpha value is -0.130. The van der Waals surface area contributed by atoms with Crippen molar-refractivity contribution in [2.45, 2.75) is 25.8 Å². The van der Waals surface area contributed by atoms with Gasteiger partial charge in [0, 0.05) is 24.9 Å². The smallest absolute Gasteiger partial charge is 0.151 e. The van der Waals surface area contributed by atoms with Crippen molar-refractivity contribution < 1.29 is 8.42 Å². The van der Waals surface area contributed by atoms with Crippen molar-refractivity contribution in [2.24, 2.45) is 5.73 Å². The fourth-order valence-electron chi connectivity index (χ4n) is 1.71. The highest BCUT2D eigenvalue weighted by Crippen LogP contribution is 2.07. The van der Waals surface area contributed by atoms with E-state index in [1.165, 1.54) is 0 Å². The van der Waals surface area contributed by atoms with E-state index in [2.05, 4.69) is 4.90 Å². The summed E-state index contributed by atoms with van der Waals surface area (Å²) in [6, 6.07) is 0.230. The summed E-state index contributed by atoms with van der Waals surface area (Å²) in [5.74, 6) is 0.517. The summed E-state index contributed by atoms with van der Waals surface area (Å²) in [6.45, 7) is 4.17. The second-order valence-corrected chi connectivity index (χ2v) is 6.41. The van der Waals surface area contributed by atoms with Crippen LogP contribution in [-0.4, -0.2) is 50.5 Å². The molecule has 0 aromatic carbocycles. The lowest BCUT2D eigenvalue weighted by atomic mass is 10.1. The summed E-state index contributed by atoms with van der Waals surface area (Å²) in [4.78, 5) is 2.15. The van der Waals surface area contributed by atoms with Crippen LogP contribution in [0.3, 0.4) is 0 Å². The molecular formula is C9H20N2O2S. The topological polar surface area (TPSA) is 63.4 Å². The summed E-state index contributed by atoms with van der Waals surface area (Å²) in [6.07, 6.45) is 2.16. The SMILES string of the molecule is CCS(=O)(=O)CCN1CCC[C@@H](N)C1. The van der Waals surface area contributed by atoms with Crippen molar-refractivity contribution in [3.63, 3.8) is 0 Å². The van der Waals surface area contributed by atoms with Crippen LogP contribution in [0.5, 0.6) is 0 Å². The van der Waals surface area contributed by atoms with E-state index in [4.69, 9.17) is 5.73 Å². The van der Waals surface area contributed by atoms with Crippen molar-refractivity contribution in [3.8, 4) is 0 Å². The Labute approximate surface area is 86.4 Å². The van der Waals surface area contributed by atoms with Gasteiger partial charge >= 0.3 is 0 Å². The van der Waals surface area contributed by atoms with E-state index in [0.29, 0.717) is 6.54 Å². The van der Waals surface area contributed by atoms with E-state index in [1.54, 1.807) is 6.92 Å². The molecule has 2 N–H and O–H groups in total. The average molecular weight is 220 g/mol. The number of hydrogen-bond acceptors (Lipinski definition) is 4. The minimum Gasteiger partial charge on any atom is -0.327 e. The molecule has 0 amide bonds. The van der Waals surface area contributed by atoms with Crippen molar-refractivity contribution in [1.29, 1.82) is 0 Å². The lowest BCUT2D eigenvalue weighted by Gasteiger charge is -2.30. The Morgan fingerprint density at radius 1 is 1.50 bits per heavy atom. The highest BCUT2D eigenvalue weighted by Gasteiger charge is 2.18. The molecule has 4 nitrogen and oxygen atoms in total. The van der Waals surface area contributed by atoms with Gasteiger partial charge in [-0.3, -0.25) is 0 Å². The number of piperidine rings is 1. The maximum Gasteiger partial charge on any atom is 0.151 e. The molecular weight excluding hydrogens is 200 g/mol. The van der Waals surface area contributed by atoms with Gasteiger partial charge < -0.3 is 10.6 Å². The van der Waals surface area contributed by atoms with Crippen molar-refractivity contribution >= 4 is 9.84 Å². The predicted molar refractivity (Wildman–Crippen MR) is 58.0 cm³/mol. The highest BCUT2D eigenvalue weighted by molar-refractivity contribution is 7.91. The summed E-state index contributed by atoms with van der Waals surface area (Å²) in [7, 11) is -2.82. The lowest BCUT2D eigenvalue weighted by Crippen LogP contribution is -2.44. The van der Waals surface area contributed by atoms with Crippen LogP contribution in [0.1, 0.15) is 19.8 Å². The maximum absolute atomic E-state index is 11.3. The normalized spacial score (nSPS) is 25.1. The van der Waals surface area contributed by atoms with Gasteiger partial charge in [-0.25, -0.2) is 8.42 Å². The van der Waals surface area contributed by atoms with E-state index < -0.39 is 9.84 Å². The fourth-order valence-corrected chi connectivity index (χ4v) is 2.53. The van der Waals surface area contributed by atoms with Gasteiger partial charge in [0.1, 0.15) is 0 Å². The molecule has 0 unspecified atom stereocenters. The Morgan fingerprint density at radius 2 is 2.21 bits per heavy atom. The van der Waals surface area contributed by atoms with Crippen LogP contribution in [0.15, 0.2) is 0 Å². The third-order valence-corrected chi connectivity index (χ3v) is 4.38. The van der Waals surface area contributed by atoms with Gasteiger partial charge in [-0.05, 0) is 19.4 Å². The molecule has 1 heterocycles. The molecule has 84 valence electrons. The monoisotopic (exact) mass is 220 g/mol. The van der Waals surface area contributed by atoms with E-state index >= 15 is 0 Å². The van der Waals surface area contributed by atoms with E-state index in [1.807, 2.05) is 0 Å². The van der Waals surface area contributed by atoms with Crippen LogP contribution in [0.25, 0.3) is 0 Å². The zero-order chi connectivity index (χ0) is 10.6. The Kier molecular flexibility index (Phi) is 4.34. The maximum atomic E-state index is 11.3. The van der Waals surface area contributed by atoms with E-state index in [-0.39, 0.29) is 17.5 Å². The van der Waals surface area contributed by atoms with Gasteiger partial charge in [0.05, 0.1) is 5.75 Å². The van der Waals surface area contributed by atoms with Gasteiger partial charge in [0.15, 0.2) is 9.84 Å². The molecule has 1 aliphatic rings. The molecule has 1 atom stereocenters. The minimum atomic E-state index is -2.82. The number of likely N-dealkylation sites (tertiary alicyclic amines) is 1. The van der Waals surface area contributed by atoms with Crippen molar-refractivity contribution in [1.82, 2.24) is 4.90 Å². The first kappa shape index (κ1) is 11.9. The lowest BCUT2D eigenvalue weighted by molar-refractivity contribution is 0.220. The van der Waals surface area contributed by atoms with Crippen LogP contribution < -0.4 is 5.73 Å². The van der Waals surface area contributed by atoms with Gasteiger partial charge in [0.2, 0.25) is 0 Å². The molecule has 0 spiro atoms. The molecule has 0 radical (unpaired) electrons. The molecule has 1 rings (SSSR count). The van der Waals surface area contributed by atoms with Gasteiger partial charge in [-0.15, -0.1) is 0 Å². The number of hydrogen-bond donors (Lipinski definition) is 1. The number of sulfone groups is 1. The second kappa shape index (κ2) is 5.09. The molecule has 0 saturated carbocycles. The van der Waals surface area contributed by atoms with Crippen LogP contribution in [0.4, 0.5) is 0 Å². The molecule has 1 fully saturated rings. The zero-order valence-corrected chi connectivity index (χ0v) is 9.59. The molecule has 0 aliphatic carbocycles. The third kappa shape index (κ3) is 3.94. The average Bonchev–Trinajstić information content (AvgIpc) is 2.15. The quantitative estimate of drug-likeness (QED) is 0.715. The fraction of sp³-hybridized carbons (Fsp3) is 1.00.